The Morgan fingerprint density at radius 1 is 1.21 bits per heavy atom. The molecule has 0 aromatic carbocycles. The van der Waals surface area contributed by atoms with Gasteiger partial charge in [-0.3, -0.25) is 0 Å². The van der Waals surface area contributed by atoms with E-state index in [1.165, 1.54) is 32.2 Å². The van der Waals surface area contributed by atoms with Crippen LogP contribution in [0.15, 0.2) is 0 Å². The van der Waals surface area contributed by atoms with E-state index in [1.807, 2.05) is 0 Å². The van der Waals surface area contributed by atoms with Crippen molar-refractivity contribution >= 4 is 0 Å². The molecule has 4 unspecified atom stereocenters. The molecular weight excluding hydrogens is 172 g/mol. The van der Waals surface area contributed by atoms with Crippen LogP contribution < -0.4 is 10.6 Å². The molecule has 1 heterocycles. The highest BCUT2D eigenvalue weighted by atomic mass is 15.0. The molecule has 1 saturated carbocycles. The van der Waals surface area contributed by atoms with Gasteiger partial charge in [-0.25, -0.2) is 0 Å². The first-order chi connectivity index (χ1) is 6.83. The molecule has 0 radical (unpaired) electrons. The summed E-state index contributed by atoms with van der Waals surface area (Å²) in [7, 11) is 0. The number of hydrogen-bond acceptors (Lipinski definition) is 2. The maximum absolute atomic E-state index is 3.78. The largest absolute Gasteiger partial charge is 0.317 e. The van der Waals surface area contributed by atoms with Gasteiger partial charge in [0.25, 0.3) is 0 Å². The van der Waals surface area contributed by atoms with Crippen LogP contribution >= 0.6 is 0 Å². The van der Waals surface area contributed by atoms with Crippen LogP contribution in [0.1, 0.15) is 39.5 Å². The van der Waals surface area contributed by atoms with E-state index in [9.17, 15) is 0 Å². The summed E-state index contributed by atoms with van der Waals surface area (Å²) < 4.78 is 0. The molecule has 2 nitrogen and oxygen atoms in total. The Balaban J connectivity index is 1.84. The van der Waals surface area contributed by atoms with Gasteiger partial charge in [-0.1, -0.05) is 13.8 Å². The normalized spacial score (nSPS) is 41.6. The first-order valence-electron chi connectivity index (χ1n) is 6.30. The fourth-order valence-electron chi connectivity index (χ4n) is 3.35. The minimum absolute atomic E-state index is 0.826. The van der Waals surface area contributed by atoms with Crippen molar-refractivity contribution in [3.63, 3.8) is 0 Å². The monoisotopic (exact) mass is 196 g/mol. The van der Waals surface area contributed by atoms with Crippen LogP contribution in [0.25, 0.3) is 0 Å². The van der Waals surface area contributed by atoms with Gasteiger partial charge < -0.3 is 10.6 Å². The average Bonchev–Trinajstić information content (AvgIpc) is 2.50. The van der Waals surface area contributed by atoms with Crippen molar-refractivity contribution in [3.05, 3.63) is 0 Å². The molecule has 2 bridgehead atoms. The van der Waals surface area contributed by atoms with E-state index in [2.05, 4.69) is 24.5 Å². The van der Waals surface area contributed by atoms with Gasteiger partial charge in [0, 0.05) is 12.1 Å². The van der Waals surface area contributed by atoms with Gasteiger partial charge in [0.15, 0.2) is 0 Å². The van der Waals surface area contributed by atoms with Crippen LogP contribution in [-0.2, 0) is 0 Å². The number of rotatable bonds is 4. The Hall–Kier alpha value is -0.0800. The molecule has 0 spiro atoms. The lowest BCUT2D eigenvalue weighted by atomic mass is 9.79. The predicted molar refractivity (Wildman–Crippen MR) is 60.4 cm³/mol. The summed E-state index contributed by atoms with van der Waals surface area (Å²) in [5.74, 6) is 1.91. The Bertz CT molecular complexity index is 181. The molecule has 2 fully saturated rings. The summed E-state index contributed by atoms with van der Waals surface area (Å²) in [5.41, 5.74) is 0. The zero-order valence-corrected chi connectivity index (χ0v) is 9.55. The summed E-state index contributed by atoms with van der Waals surface area (Å²) in [5, 5.41) is 7.27. The van der Waals surface area contributed by atoms with Crippen LogP contribution in [0.4, 0.5) is 0 Å². The third kappa shape index (κ3) is 2.12. The van der Waals surface area contributed by atoms with Crippen molar-refractivity contribution in [3.8, 4) is 0 Å². The molecule has 1 aliphatic carbocycles. The van der Waals surface area contributed by atoms with Crippen molar-refractivity contribution < 1.29 is 0 Å². The maximum atomic E-state index is 3.78. The summed E-state index contributed by atoms with van der Waals surface area (Å²) in [4.78, 5) is 0. The first-order valence-corrected chi connectivity index (χ1v) is 6.30. The van der Waals surface area contributed by atoms with E-state index in [0.717, 1.165) is 30.5 Å². The fourth-order valence-corrected chi connectivity index (χ4v) is 3.35. The topological polar surface area (TPSA) is 24.1 Å². The SMILES string of the molecule is CCNCC1CC2CC(C1)C(CC)N2. The second-order valence-electron chi connectivity index (χ2n) is 5.02. The molecule has 1 saturated heterocycles. The fraction of sp³-hybridized carbons (Fsp3) is 1.00. The smallest absolute Gasteiger partial charge is 0.00959 e. The van der Waals surface area contributed by atoms with Crippen LogP contribution in [0, 0.1) is 11.8 Å². The highest BCUT2D eigenvalue weighted by Crippen LogP contribution is 2.37. The van der Waals surface area contributed by atoms with Gasteiger partial charge in [0.1, 0.15) is 0 Å². The summed E-state index contributed by atoms with van der Waals surface area (Å²) in [6.45, 7) is 6.88. The minimum Gasteiger partial charge on any atom is -0.317 e. The van der Waals surface area contributed by atoms with Crippen LogP contribution in [0.2, 0.25) is 0 Å². The molecular formula is C12H24N2. The number of nitrogens with one attached hydrogen (secondary N) is 2. The lowest BCUT2D eigenvalue weighted by molar-refractivity contribution is 0.277. The van der Waals surface area contributed by atoms with E-state index in [0.29, 0.717) is 0 Å². The molecule has 0 aromatic heterocycles. The standard InChI is InChI=1S/C12H24N2/c1-3-12-10-5-9(8-13-4-2)6-11(7-10)14-12/h9-14H,3-8H2,1-2H3. The van der Waals surface area contributed by atoms with Crippen LogP contribution in [0.3, 0.4) is 0 Å². The number of fused-ring (bicyclic) bond motifs is 2. The van der Waals surface area contributed by atoms with E-state index in [4.69, 9.17) is 0 Å². The van der Waals surface area contributed by atoms with Gasteiger partial charge in [-0.2, -0.15) is 0 Å². The van der Waals surface area contributed by atoms with Gasteiger partial charge in [-0.05, 0) is 50.6 Å². The Morgan fingerprint density at radius 2 is 2.07 bits per heavy atom. The summed E-state index contributed by atoms with van der Waals surface area (Å²) in [6, 6.07) is 1.66. The molecule has 4 atom stereocenters. The van der Waals surface area contributed by atoms with Gasteiger partial charge in [-0.15, -0.1) is 0 Å². The lowest BCUT2D eigenvalue weighted by Gasteiger charge is -2.27. The molecule has 2 rings (SSSR count). The van der Waals surface area contributed by atoms with Crippen LogP contribution in [0.5, 0.6) is 0 Å². The quantitative estimate of drug-likeness (QED) is 0.716. The van der Waals surface area contributed by atoms with E-state index >= 15 is 0 Å². The molecule has 0 amide bonds. The van der Waals surface area contributed by atoms with Crippen molar-refractivity contribution in [2.24, 2.45) is 11.8 Å². The highest BCUT2D eigenvalue weighted by molar-refractivity contribution is 4.96. The average molecular weight is 196 g/mol. The van der Waals surface area contributed by atoms with E-state index in [-0.39, 0.29) is 0 Å². The Labute approximate surface area is 87.8 Å². The zero-order chi connectivity index (χ0) is 9.97. The third-order valence-corrected chi connectivity index (χ3v) is 3.98. The predicted octanol–water partition coefficient (Wildman–Crippen LogP) is 1.76. The molecule has 2 heteroatoms. The van der Waals surface area contributed by atoms with Crippen molar-refractivity contribution in [1.29, 1.82) is 0 Å². The Morgan fingerprint density at radius 3 is 2.79 bits per heavy atom. The summed E-state index contributed by atoms with van der Waals surface area (Å²) >= 11 is 0. The first kappa shape index (κ1) is 10.4. The summed E-state index contributed by atoms with van der Waals surface area (Å²) in [6.07, 6.45) is 5.62. The Kier molecular flexibility index (Phi) is 3.45. The maximum Gasteiger partial charge on any atom is 0.00959 e. The molecule has 82 valence electrons. The van der Waals surface area contributed by atoms with Gasteiger partial charge in [0.05, 0.1) is 0 Å². The van der Waals surface area contributed by atoms with Crippen molar-refractivity contribution in [1.82, 2.24) is 10.6 Å². The molecule has 0 aromatic rings. The zero-order valence-electron chi connectivity index (χ0n) is 9.55. The molecule has 2 N–H and O–H groups in total. The van der Waals surface area contributed by atoms with Crippen molar-refractivity contribution in [2.75, 3.05) is 13.1 Å². The molecule has 1 aliphatic heterocycles. The lowest BCUT2D eigenvalue weighted by Crippen LogP contribution is -2.31. The molecule has 14 heavy (non-hydrogen) atoms. The van der Waals surface area contributed by atoms with Gasteiger partial charge >= 0.3 is 0 Å². The second-order valence-corrected chi connectivity index (χ2v) is 5.02. The van der Waals surface area contributed by atoms with E-state index < -0.39 is 0 Å². The van der Waals surface area contributed by atoms with Crippen LogP contribution in [-0.4, -0.2) is 25.2 Å². The minimum atomic E-state index is 0.826. The third-order valence-electron chi connectivity index (χ3n) is 3.98. The highest BCUT2D eigenvalue weighted by Gasteiger charge is 2.38. The van der Waals surface area contributed by atoms with E-state index in [1.54, 1.807) is 0 Å². The number of hydrogen-bond donors (Lipinski definition) is 2. The van der Waals surface area contributed by atoms with Gasteiger partial charge in [0.2, 0.25) is 0 Å². The second kappa shape index (κ2) is 4.63. The van der Waals surface area contributed by atoms with Crippen molar-refractivity contribution in [2.45, 2.75) is 51.6 Å². The molecule has 2 aliphatic rings.